The number of aryl methyl sites for hydroxylation is 2. The molecular formula is C31H38F2N2. The minimum absolute atomic E-state index is 0.00436. The number of halogens is 2. The molecule has 1 fully saturated rings. The third-order valence-electron chi connectivity index (χ3n) is 7.59. The van der Waals surface area contributed by atoms with Crippen molar-refractivity contribution < 1.29 is 8.78 Å². The Morgan fingerprint density at radius 1 is 1.20 bits per heavy atom. The Labute approximate surface area is 208 Å². The molecule has 3 aromatic rings. The fraction of sp³-hybridized carbons (Fsp3) is 0.452. The number of aromatic nitrogens is 2. The maximum Gasteiger partial charge on any atom is 0.248 e. The summed E-state index contributed by atoms with van der Waals surface area (Å²) in [6.07, 6.45) is 10.2. The van der Waals surface area contributed by atoms with Crippen LogP contribution in [-0.4, -0.2) is 15.5 Å². The molecule has 0 saturated heterocycles. The minimum atomic E-state index is -2.50. The molecule has 0 atom stereocenters. The lowest BCUT2D eigenvalue weighted by atomic mass is 9.87. The quantitative estimate of drug-likeness (QED) is 0.296. The van der Waals surface area contributed by atoms with Gasteiger partial charge in [-0.3, -0.25) is 4.98 Å². The third kappa shape index (κ3) is 5.58. The molecule has 0 N–H and O–H groups in total. The van der Waals surface area contributed by atoms with Crippen LogP contribution in [0.15, 0.2) is 54.9 Å². The van der Waals surface area contributed by atoms with Crippen molar-refractivity contribution >= 4 is 16.6 Å². The van der Waals surface area contributed by atoms with E-state index in [2.05, 4.69) is 69.3 Å². The fourth-order valence-corrected chi connectivity index (χ4v) is 5.47. The first-order chi connectivity index (χ1) is 16.7. The number of hydrogen-bond donors (Lipinski definition) is 0. The topological polar surface area (TPSA) is 17.8 Å². The zero-order valence-electron chi connectivity index (χ0n) is 21.6. The second-order valence-corrected chi connectivity index (χ2v) is 10.4. The molecule has 0 bridgehead atoms. The second-order valence-electron chi connectivity index (χ2n) is 10.4. The Bertz CT molecular complexity index is 1230. The van der Waals surface area contributed by atoms with Crippen LogP contribution < -0.4 is 0 Å². The van der Waals surface area contributed by atoms with Gasteiger partial charge in [-0.05, 0) is 92.7 Å². The molecule has 0 radical (unpaired) electrons. The molecular weight excluding hydrogens is 438 g/mol. The number of rotatable bonds is 8. The first-order valence-corrected chi connectivity index (χ1v) is 13.0. The fourth-order valence-electron chi connectivity index (χ4n) is 5.47. The summed E-state index contributed by atoms with van der Waals surface area (Å²) >= 11 is 0. The number of allylic oxidation sites excluding steroid dienone is 3. The number of fused-ring (bicyclic) bond motifs is 1. The maximum absolute atomic E-state index is 13.8. The molecule has 4 rings (SSSR count). The van der Waals surface area contributed by atoms with Gasteiger partial charge in [0.1, 0.15) is 0 Å². The van der Waals surface area contributed by atoms with Gasteiger partial charge in [-0.25, -0.2) is 8.78 Å². The molecule has 1 aliphatic rings. The molecule has 2 heterocycles. The van der Waals surface area contributed by atoms with E-state index in [9.17, 15) is 8.78 Å². The highest BCUT2D eigenvalue weighted by molar-refractivity contribution is 5.94. The molecule has 0 spiro atoms. The third-order valence-corrected chi connectivity index (χ3v) is 7.59. The van der Waals surface area contributed by atoms with Crippen LogP contribution in [0.25, 0.3) is 27.7 Å². The number of alkyl halides is 2. The Morgan fingerprint density at radius 3 is 2.60 bits per heavy atom. The average molecular weight is 477 g/mol. The molecule has 0 amide bonds. The van der Waals surface area contributed by atoms with E-state index < -0.39 is 5.92 Å². The van der Waals surface area contributed by atoms with Crippen molar-refractivity contribution in [3.8, 4) is 11.1 Å². The van der Waals surface area contributed by atoms with Crippen molar-refractivity contribution in [2.45, 2.75) is 85.1 Å². The van der Waals surface area contributed by atoms with Crippen molar-refractivity contribution in [3.63, 3.8) is 0 Å². The average Bonchev–Trinajstić information content (AvgIpc) is 3.18. The second kappa shape index (κ2) is 10.5. The normalized spacial score (nSPS) is 15.9. The van der Waals surface area contributed by atoms with E-state index in [0.29, 0.717) is 12.8 Å². The van der Waals surface area contributed by atoms with Gasteiger partial charge in [0.25, 0.3) is 0 Å². The molecule has 0 aliphatic heterocycles. The van der Waals surface area contributed by atoms with Crippen LogP contribution in [0, 0.1) is 12.8 Å². The van der Waals surface area contributed by atoms with Gasteiger partial charge in [0, 0.05) is 37.3 Å². The van der Waals surface area contributed by atoms with Crippen molar-refractivity contribution in [1.29, 1.82) is 0 Å². The van der Waals surface area contributed by atoms with Gasteiger partial charge in [0.15, 0.2) is 0 Å². The van der Waals surface area contributed by atoms with Crippen LogP contribution in [0.5, 0.6) is 0 Å². The monoisotopic (exact) mass is 476 g/mol. The molecule has 1 saturated carbocycles. The van der Waals surface area contributed by atoms with Crippen LogP contribution in [0.4, 0.5) is 8.78 Å². The van der Waals surface area contributed by atoms with Crippen molar-refractivity contribution in [2.75, 3.05) is 0 Å². The van der Waals surface area contributed by atoms with Gasteiger partial charge in [0.05, 0.1) is 11.0 Å². The summed E-state index contributed by atoms with van der Waals surface area (Å²) in [5, 5.41) is 0. The zero-order valence-corrected chi connectivity index (χ0v) is 21.6. The summed E-state index contributed by atoms with van der Waals surface area (Å²) in [6, 6.07) is 8.90. The molecule has 0 unspecified atom stereocenters. The number of pyridine rings is 1. The van der Waals surface area contributed by atoms with E-state index in [1.54, 1.807) is 0 Å². The smallest absolute Gasteiger partial charge is 0.248 e. The summed E-state index contributed by atoms with van der Waals surface area (Å²) in [4.78, 5) is 4.97. The molecule has 2 nitrogen and oxygen atoms in total. The van der Waals surface area contributed by atoms with E-state index in [1.807, 2.05) is 12.3 Å². The van der Waals surface area contributed by atoms with Crippen molar-refractivity contribution in [1.82, 2.24) is 9.55 Å². The SMILES string of the molecule is C=CCCc1cc(-c2cn(CC3CCC(F)(F)CC3)c3cc(C(CC)=C(C)C)cnc23)ccc1C. The van der Waals surface area contributed by atoms with E-state index >= 15 is 0 Å². The summed E-state index contributed by atoms with van der Waals surface area (Å²) in [5.74, 6) is -2.24. The van der Waals surface area contributed by atoms with Gasteiger partial charge in [-0.15, -0.1) is 6.58 Å². The zero-order chi connectivity index (χ0) is 25.2. The Kier molecular flexibility index (Phi) is 7.59. The highest BCUT2D eigenvalue weighted by Gasteiger charge is 2.35. The molecule has 35 heavy (non-hydrogen) atoms. The minimum Gasteiger partial charge on any atom is -0.345 e. The summed E-state index contributed by atoms with van der Waals surface area (Å²) in [7, 11) is 0. The molecule has 186 valence electrons. The highest BCUT2D eigenvalue weighted by Crippen LogP contribution is 2.39. The highest BCUT2D eigenvalue weighted by atomic mass is 19.3. The Balaban J connectivity index is 1.80. The summed E-state index contributed by atoms with van der Waals surface area (Å²) < 4.78 is 29.8. The van der Waals surface area contributed by atoms with Crippen molar-refractivity contribution in [3.05, 3.63) is 71.6 Å². The lowest BCUT2D eigenvalue weighted by Crippen LogP contribution is -2.26. The predicted octanol–water partition coefficient (Wildman–Crippen LogP) is 9.16. The lowest BCUT2D eigenvalue weighted by Gasteiger charge is -2.28. The molecule has 1 aromatic carbocycles. The van der Waals surface area contributed by atoms with Crippen LogP contribution >= 0.6 is 0 Å². The van der Waals surface area contributed by atoms with Crippen LogP contribution in [0.3, 0.4) is 0 Å². The van der Waals surface area contributed by atoms with Crippen LogP contribution in [0.1, 0.15) is 76.0 Å². The Hall–Kier alpha value is -2.75. The summed E-state index contributed by atoms with van der Waals surface area (Å²) in [5.41, 5.74) is 10.7. The van der Waals surface area contributed by atoms with Gasteiger partial charge in [-0.2, -0.15) is 0 Å². The van der Waals surface area contributed by atoms with Gasteiger partial charge in [-0.1, -0.05) is 36.8 Å². The largest absolute Gasteiger partial charge is 0.345 e. The molecule has 2 aromatic heterocycles. The van der Waals surface area contributed by atoms with E-state index in [0.717, 1.165) is 53.5 Å². The standard InChI is InChI=1S/C31H38F2N2/c1-6-8-9-24-16-25(11-10-22(24)5)28-20-35(19-23-12-14-31(32,33)15-13-23)29-17-26(18-34-30(28)29)27(7-2)21(3)4/h6,10-11,16-18,20,23H,1,7-9,12-15,19H2,2-5H3. The number of hydrogen-bond acceptors (Lipinski definition) is 1. The van der Waals surface area contributed by atoms with E-state index in [4.69, 9.17) is 4.98 Å². The van der Waals surface area contributed by atoms with E-state index in [1.165, 1.54) is 22.3 Å². The molecule has 1 aliphatic carbocycles. The van der Waals surface area contributed by atoms with Crippen LogP contribution in [-0.2, 0) is 13.0 Å². The lowest BCUT2D eigenvalue weighted by molar-refractivity contribution is -0.0472. The van der Waals surface area contributed by atoms with Crippen molar-refractivity contribution in [2.24, 2.45) is 5.92 Å². The van der Waals surface area contributed by atoms with Gasteiger partial charge < -0.3 is 4.57 Å². The molecule has 4 heteroatoms. The summed E-state index contributed by atoms with van der Waals surface area (Å²) in [6.45, 7) is 13.2. The number of benzene rings is 1. The number of nitrogens with zero attached hydrogens (tertiary/aromatic N) is 2. The Morgan fingerprint density at radius 2 is 1.94 bits per heavy atom. The first-order valence-electron chi connectivity index (χ1n) is 13.0. The predicted molar refractivity (Wildman–Crippen MR) is 144 cm³/mol. The van der Waals surface area contributed by atoms with Gasteiger partial charge in [0.2, 0.25) is 5.92 Å². The maximum atomic E-state index is 13.8. The van der Waals surface area contributed by atoms with E-state index in [-0.39, 0.29) is 18.8 Å². The first kappa shape index (κ1) is 25.3. The van der Waals surface area contributed by atoms with Crippen LogP contribution in [0.2, 0.25) is 0 Å². The van der Waals surface area contributed by atoms with Gasteiger partial charge >= 0.3 is 0 Å².